The zero-order valence-electron chi connectivity index (χ0n) is 17.8. The minimum Gasteiger partial charge on any atom is -0.490 e. The molecule has 2 aromatic carbocycles. The van der Waals surface area contributed by atoms with Crippen LogP contribution in [0.4, 0.5) is 9.18 Å². The number of benzene rings is 2. The number of hydrogen-bond acceptors (Lipinski definition) is 7. The molecule has 0 aliphatic carbocycles. The van der Waals surface area contributed by atoms with Crippen molar-refractivity contribution in [2.75, 3.05) is 13.7 Å². The SMILES string of the molecule is CCOc1cc(/C=C2/SC(=O)N([C@@H](C)C(=O)OC)C2=O)ccc1OCc1cccc(F)c1. The molecule has 0 spiro atoms. The van der Waals surface area contributed by atoms with Gasteiger partial charge in [0.15, 0.2) is 11.5 Å². The molecule has 168 valence electrons. The van der Waals surface area contributed by atoms with E-state index in [-0.39, 0.29) is 17.3 Å². The van der Waals surface area contributed by atoms with Crippen molar-refractivity contribution in [3.63, 3.8) is 0 Å². The quantitative estimate of drug-likeness (QED) is 0.427. The zero-order valence-corrected chi connectivity index (χ0v) is 18.6. The molecule has 1 aliphatic heterocycles. The Hall–Kier alpha value is -3.33. The fourth-order valence-electron chi connectivity index (χ4n) is 3.03. The smallest absolute Gasteiger partial charge is 0.328 e. The maximum absolute atomic E-state index is 13.4. The Balaban J connectivity index is 1.80. The van der Waals surface area contributed by atoms with E-state index in [1.807, 2.05) is 6.92 Å². The van der Waals surface area contributed by atoms with Crippen molar-refractivity contribution in [3.8, 4) is 11.5 Å². The standard InChI is InChI=1S/C23H22FNO6S/c1-4-30-19-11-15(8-9-18(19)31-13-16-6-5-7-17(24)10-16)12-20-21(26)25(23(28)32-20)14(2)22(27)29-3/h5-12,14H,4,13H2,1-3H3/b20-12+/t14-/m0/s1. The molecule has 1 aliphatic rings. The summed E-state index contributed by atoms with van der Waals surface area (Å²) >= 11 is 0.748. The molecule has 32 heavy (non-hydrogen) atoms. The summed E-state index contributed by atoms with van der Waals surface area (Å²) in [5.41, 5.74) is 1.28. The fraction of sp³-hybridized carbons (Fsp3) is 0.261. The number of carbonyl (C=O) groups excluding carboxylic acids is 3. The van der Waals surface area contributed by atoms with Gasteiger partial charge in [-0.15, -0.1) is 0 Å². The summed E-state index contributed by atoms with van der Waals surface area (Å²) in [5.74, 6) is -0.684. The van der Waals surface area contributed by atoms with Gasteiger partial charge in [0.2, 0.25) is 0 Å². The summed E-state index contributed by atoms with van der Waals surface area (Å²) in [5, 5.41) is -0.542. The predicted molar refractivity (Wildman–Crippen MR) is 118 cm³/mol. The normalized spacial score (nSPS) is 15.8. The Labute approximate surface area is 189 Å². The van der Waals surface area contributed by atoms with Crippen LogP contribution in [0.15, 0.2) is 47.4 Å². The van der Waals surface area contributed by atoms with Crippen LogP contribution in [-0.2, 0) is 20.9 Å². The average molecular weight is 459 g/mol. The van der Waals surface area contributed by atoms with Gasteiger partial charge in [-0.25, -0.2) is 9.18 Å². The van der Waals surface area contributed by atoms with Crippen LogP contribution in [0.1, 0.15) is 25.0 Å². The topological polar surface area (TPSA) is 82.1 Å². The first kappa shape index (κ1) is 23.3. The number of ether oxygens (including phenoxy) is 3. The van der Waals surface area contributed by atoms with E-state index in [1.165, 1.54) is 26.2 Å². The molecule has 9 heteroatoms. The second kappa shape index (κ2) is 10.3. The molecule has 1 atom stereocenters. The summed E-state index contributed by atoms with van der Waals surface area (Å²) < 4.78 is 29.4. The molecule has 0 N–H and O–H groups in total. The Morgan fingerprint density at radius 2 is 1.94 bits per heavy atom. The van der Waals surface area contributed by atoms with Crippen molar-refractivity contribution in [3.05, 3.63) is 64.3 Å². The number of methoxy groups -OCH3 is 1. The zero-order chi connectivity index (χ0) is 23.3. The van der Waals surface area contributed by atoms with E-state index in [1.54, 1.807) is 36.4 Å². The molecule has 7 nitrogen and oxygen atoms in total. The fourth-order valence-corrected chi connectivity index (χ4v) is 3.94. The largest absolute Gasteiger partial charge is 0.490 e. The van der Waals surface area contributed by atoms with Crippen LogP contribution in [0.3, 0.4) is 0 Å². The highest BCUT2D eigenvalue weighted by Gasteiger charge is 2.41. The van der Waals surface area contributed by atoms with Crippen LogP contribution in [-0.4, -0.2) is 41.8 Å². The molecule has 0 bridgehead atoms. The summed E-state index contributed by atoms with van der Waals surface area (Å²) in [4.78, 5) is 37.7. The summed E-state index contributed by atoms with van der Waals surface area (Å²) in [6.07, 6.45) is 1.55. The van der Waals surface area contributed by atoms with E-state index >= 15 is 0 Å². The van der Waals surface area contributed by atoms with Gasteiger partial charge in [0.05, 0.1) is 18.6 Å². The van der Waals surface area contributed by atoms with Gasteiger partial charge < -0.3 is 14.2 Å². The van der Waals surface area contributed by atoms with Gasteiger partial charge >= 0.3 is 5.97 Å². The molecule has 2 amide bonds. The second-order valence-corrected chi connectivity index (χ2v) is 7.80. The highest BCUT2D eigenvalue weighted by Crippen LogP contribution is 2.36. The van der Waals surface area contributed by atoms with Crippen molar-refractivity contribution >= 4 is 35.0 Å². The van der Waals surface area contributed by atoms with Gasteiger partial charge in [0.1, 0.15) is 18.5 Å². The third-order valence-electron chi connectivity index (χ3n) is 4.60. The van der Waals surface area contributed by atoms with Gasteiger partial charge in [0, 0.05) is 0 Å². The minimum absolute atomic E-state index is 0.154. The maximum atomic E-state index is 13.4. The number of esters is 1. The summed E-state index contributed by atoms with van der Waals surface area (Å²) in [6.45, 7) is 3.79. The predicted octanol–water partition coefficient (Wildman–Crippen LogP) is 4.40. The molecule has 0 radical (unpaired) electrons. The molecule has 2 aromatic rings. The van der Waals surface area contributed by atoms with Crippen molar-refractivity contribution in [1.29, 1.82) is 0 Å². The summed E-state index contributed by atoms with van der Waals surface area (Å²) in [7, 11) is 1.20. The molecule has 3 rings (SSSR count). The Kier molecular flexibility index (Phi) is 7.53. The first-order chi connectivity index (χ1) is 15.3. The van der Waals surface area contributed by atoms with Crippen LogP contribution in [0.25, 0.3) is 6.08 Å². The Bertz CT molecular complexity index is 1070. The lowest BCUT2D eigenvalue weighted by molar-refractivity contribution is -0.148. The molecular formula is C23H22FNO6S. The molecule has 1 saturated heterocycles. The third-order valence-corrected chi connectivity index (χ3v) is 5.49. The van der Waals surface area contributed by atoms with E-state index in [2.05, 4.69) is 4.74 Å². The highest BCUT2D eigenvalue weighted by molar-refractivity contribution is 8.18. The monoisotopic (exact) mass is 459 g/mol. The Morgan fingerprint density at radius 1 is 1.16 bits per heavy atom. The molecule has 1 heterocycles. The molecular weight excluding hydrogens is 437 g/mol. The number of carbonyl (C=O) groups is 3. The molecule has 0 unspecified atom stereocenters. The number of thioether (sulfide) groups is 1. The number of imide groups is 1. The minimum atomic E-state index is -1.02. The average Bonchev–Trinajstić information content (AvgIpc) is 3.05. The number of amides is 2. The molecule has 0 aromatic heterocycles. The van der Waals surface area contributed by atoms with Gasteiger partial charge in [-0.2, -0.15) is 0 Å². The van der Waals surface area contributed by atoms with Crippen molar-refractivity contribution in [2.24, 2.45) is 0 Å². The van der Waals surface area contributed by atoms with Crippen molar-refractivity contribution in [2.45, 2.75) is 26.5 Å². The third kappa shape index (κ3) is 5.28. The number of halogens is 1. The van der Waals surface area contributed by atoms with Gasteiger partial charge in [-0.1, -0.05) is 18.2 Å². The van der Waals surface area contributed by atoms with E-state index in [4.69, 9.17) is 9.47 Å². The van der Waals surface area contributed by atoms with Crippen LogP contribution in [0.5, 0.6) is 11.5 Å². The van der Waals surface area contributed by atoms with Crippen molar-refractivity contribution < 1.29 is 33.0 Å². The van der Waals surface area contributed by atoms with Crippen LogP contribution in [0.2, 0.25) is 0 Å². The number of nitrogens with zero attached hydrogens (tertiary/aromatic N) is 1. The van der Waals surface area contributed by atoms with E-state index in [9.17, 15) is 18.8 Å². The number of hydrogen-bond donors (Lipinski definition) is 0. The molecule has 0 saturated carbocycles. The van der Waals surface area contributed by atoms with E-state index in [0.717, 1.165) is 16.7 Å². The van der Waals surface area contributed by atoms with E-state index < -0.39 is 23.2 Å². The number of rotatable bonds is 8. The molecule has 1 fully saturated rings. The van der Waals surface area contributed by atoms with Crippen LogP contribution < -0.4 is 9.47 Å². The lowest BCUT2D eigenvalue weighted by Gasteiger charge is -2.18. The summed E-state index contributed by atoms with van der Waals surface area (Å²) in [6, 6.07) is 10.2. The maximum Gasteiger partial charge on any atom is 0.328 e. The lowest BCUT2D eigenvalue weighted by atomic mass is 10.1. The second-order valence-electron chi connectivity index (χ2n) is 6.81. The van der Waals surface area contributed by atoms with Gasteiger partial charge in [-0.05, 0) is 67.1 Å². The van der Waals surface area contributed by atoms with E-state index in [0.29, 0.717) is 29.2 Å². The lowest BCUT2D eigenvalue weighted by Crippen LogP contribution is -2.42. The van der Waals surface area contributed by atoms with Gasteiger partial charge in [-0.3, -0.25) is 14.5 Å². The first-order valence-electron chi connectivity index (χ1n) is 9.83. The van der Waals surface area contributed by atoms with Crippen molar-refractivity contribution in [1.82, 2.24) is 4.90 Å². The van der Waals surface area contributed by atoms with Crippen LogP contribution in [0, 0.1) is 5.82 Å². The first-order valence-corrected chi connectivity index (χ1v) is 10.6. The van der Waals surface area contributed by atoms with Crippen LogP contribution >= 0.6 is 11.8 Å². The Morgan fingerprint density at radius 3 is 2.62 bits per heavy atom. The highest BCUT2D eigenvalue weighted by atomic mass is 32.2. The van der Waals surface area contributed by atoms with Gasteiger partial charge in [0.25, 0.3) is 11.1 Å².